The summed E-state index contributed by atoms with van der Waals surface area (Å²) in [4.78, 5) is 25.0. The molecule has 0 fully saturated rings. The summed E-state index contributed by atoms with van der Waals surface area (Å²) in [5.41, 5.74) is 1.05. The third-order valence-electron chi connectivity index (χ3n) is 2.35. The van der Waals surface area contributed by atoms with E-state index in [1.54, 1.807) is 0 Å². The van der Waals surface area contributed by atoms with Crippen molar-refractivity contribution in [1.82, 2.24) is 15.0 Å². The molecule has 3 rings (SSSR count). The quantitative estimate of drug-likeness (QED) is 0.800. The normalized spacial score (nSPS) is 10.4. The van der Waals surface area contributed by atoms with Gasteiger partial charge in [-0.3, -0.25) is 15.1 Å². The highest BCUT2D eigenvalue weighted by molar-refractivity contribution is 7.20. The first kappa shape index (κ1) is 13.2. The zero-order valence-electron chi connectivity index (χ0n) is 9.91. The van der Waals surface area contributed by atoms with Crippen LogP contribution >= 0.6 is 34.3 Å². The molecule has 0 spiro atoms. The van der Waals surface area contributed by atoms with Gasteiger partial charge >= 0.3 is 0 Å². The molecule has 0 saturated heterocycles. The second kappa shape index (κ2) is 5.66. The van der Waals surface area contributed by atoms with Gasteiger partial charge in [-0.05, 0) is 12.1 Å². The Morgan fingerprint density at radius 3 is 2.90 bits per heavy atom. The monoisotopic (exact) mass is 322 g/mol. The predicted molar refractivity (Wildman–Crippen MR) is 80.4 cm³/mol. The van der Waals surface area contributed by atoms with Crippen LogP contribution in [0.4, 0.5) is 5.13 Å². The predicted octanol–water partition coefficient (Wildman–Crippen LogP) is 3.57. The van der Waals surface area contributed by atoms with Gasteiger partial charge in [-0.25, -0.2) is 9.97 Å². The van der Waals surface area contributed by atoms with Gasteiger partial charge < -0.3 is 0 Å². The van der Waals surface area contributed by atoms with E-state index >= 15 is 0 Å². The Hall–Kier alpha value is -1.83. The number of amides is 1. The molecule has 0 bridgehead atoms. The molecule has 100 valence electrons. The van der Waals surface area contributed by atoms with Crippen LogP contribution in [0.1, 0.15) is 10.5 Å². The van der Waals surface area contributed by atoms with Crippen LogP contribution in [0.15, 0.2) is 36.1 Å². The van der Waals surface area contributed by atoms with E-state index in [2.05, 4.69) is 20.3 Å². The summed E-state index contributed by atoms with van der Waals surface area (Å²) in [5, 5.41) is 5.08. The number of thiazole rings is 1. The molecule has 0 unspecified atom stereocenters. The maximum Gasteiger partial charge on any atom is 0.277 e. The van der Waals surface area contributed by atoms with Crippen molar-refractivity contribution in [1.29, 1.82) is 0 Å². The third kappa shape index (κ3) is 2.84. The van der Waals surface area contributed by atoms with Crippen molar-refractivity contribution < 1.29 is 4.79 Å². The number of halogens is 1. The van der Waals surface area contributed by atoms with Crippen LogP contribution in [0.3, 0.4) is 0 Å². The molecule has 0 aliphatic rings. The smallest absolute Gasteiger partial charge is 0.277 e. The number of hydrogen-bond acceptors (Lipinski definition) is 6. The molecule has 1 amide bonds. The van der Waals surface area contributed by atoms with Crippen molar-refractivity contribution >= 4 is 45.3 Å². The second-order valence-electron chi connectivity index (χ2n) is 3.69. The minimum Gasteiger partial charge on any atom is -0.296 e. The van der Waals surface area contributed by atoms with E-state index in [4.69, 9.17) is 11.6 Å². The first-order valence-corrected chi connectivity index (χ1v) is 7.58. The summed E-state index contributed by atoms with van der Waals surface area (Å²) >= 11 is 8.68. The highest BCUT2D eigenvalue weighted by Gasteiger charge is 2.11. The lowest BCUT2D eigenvalue weighted by Crippen LogP contribution is -2.13. The Bertz CT molecular complexity index is 741. The minimum atomic E-state index is -0.330. The molecule has 8 heteroatoms. The number of aromatic nitrogens is 3. The van der Waals surface area contributed by atoms with Crippen LogP contribution in [0.2, 0.25) is 4.34 Å². The molecule has 3 heterocycles. The van der Waals surface area contributed by atoms with Gasteiger partial charge in [-0.15, -0.1) is 22.7 Å². The van der Waals surface area contributed by atoms with Crippen molar-refractivity contribution in [3.63, 3.8) is 0 Å². The van der Waals surface area contributed by atoms with Gasteiger partial charge in [0.1, 0.15) is 5.69 Å². The van der Waals surface area contributed by atoms with E-state index in [1.807, 2.05) is 17.5 Å². The average Bonchev–Trinajstić information content (AvgIpc) is 3.09. The lowest BCUT2D eigenvalue weighted by atomic mass is 10.4. The molecule has 0 aliphatic carbocycles. The largest absolute Gasteiger partial charge is 0.296 e. The second-order valence-corrected chi connectivity index (χ2v) is 6.26. The molecule has 0 radical (unpaired) electrons. The van der Waals surface area contributed by atoms with Crippen LogP contribution in [-0.2, 0) is 0 Å². The zero-order chi connectivity index (χ0) is 13.9. The number of nitrogens with one attached hydrogen (secondary N) is 1. The Morgan fingerprint density at radius 1 is 1.30 bits per heavy atom. The fraction of sp³-hybridized carbons (Fsp3) is 0. The number of carbonyl (C=O) groups is 1. The van der Waals surface area contributed by atoms with Crippen molar-refractivity contribution in [2.24, 2.45) is 0 Å². The van der Waals surface area contributed by atoms with Gasteiger partial charge in [0.05, 0.1) is 21.1 Å². The Labute approximate surface area is 127 Å². The molecule has 3 aromatic rings. The number of anilines is 1. The van der Waals surface area contributed by atoms with E-state index < -0.39 is 0 Å². The van der Waals surface area contributed by atoms with Gasteiger partial charge in [0.2, 0.25) is 0 Å². The van der Waals surface area contributed by atoms with E-state index in [-0.39, 0.29) is 11.6 Å². The lowest BCUT2D eigenvalue weighted by molar-refractivity contribution is 0.102. The van der Waals surface area contributed by atoms with Crippen molar-refractivity contribution in [3.05, 3.63) is 46.1 Å². The lowest BCUT2D eigenvalue weighted by Gasteiger charge is -1.99. The van der Waals surface area contributed by atoms with Gasteiger partial charge in [0.25, 0.3) is 5.91 Å². The Balaban J connectivity index is 1.76. The molecule has 0 atom stereocenters. The number of hydrogen-bond donors (Lipinski definition) is 1. The van der Waals surface area contributed by atoms with Crippen LogP contribution < -0.4 is 5.32 Å². The van der Waals surface area contributed by atoms with Crippen molar-refractivity contribution in [3.8, 4) is 10.6 Å². The summed E-state index contributed by atoms with van der Waals surface area (Å²) in [6.07, 6.45) is 4.39. The van der Waals surface area contributed by atoms with Gasteiger partial charge in [0.15, 0.2) is 5.13 Å². The molecule has 20 heavy (non-hydrogen) atoms. The van der Waals surface area contributed by atoms with Crippen molar-refractivity contribution in [2.75, 3.05) is 5.32 Å². The van der Waals surface area contributed by atoms with Gasteiger partial charge in [0, 0.05) is 17.8 Å². The first-order chi connectivity index (χ1) is 9.72. The van der Waals surface area contributed by atoms with E-state index in [0.717, 1.165) is 10.6 Å². The molecule has 1 N–H and O–H groups in total. The van der Waals surface area contributed by atoms with Gasteiger partial charge in [-0.2, -0.15) is 0 Å². The highest BCUT2D eigenvalue weighted by Crippen LogP contribution is 2.32. The third-order valence-corrected chi connectivity index (χ3v) is 4.36. The number of rotatable bonds is 3. The van der Waals surface area contributed by atoms with E-state index in [1.165, 1.54) is 41.3 Å². The average molecular weight is 323 g/mol. The van der Waals surface area contributed by atoms with Crippen molar-refractivity contribution in [2.45, 2.75) is 0 Å². The summed E-state index contributed by atoms with van der Waals surface area (Å²) in [5.74, 6) is -0.330. The SMILES string of the molecule is O=C(Nc1nc(-c2ccc(Cl)s2)cs1)c1cnccn1. The maximum absolute atomic E-state index is 11.9. The molecule has 3 aromatic heterocycles. The van der Waals surface area contributed by atoms with Gasteiger partial charge in [-0.1, -0.05) is 11.6 Å². The van der Waals surface area contributed by atoms with Crippen LogP contribution in [0.25, 0.3) is 10.6 Å². The molecule has 0 saturated carbocycles. The summed E-state index contributed by atoms with van der Waals surface area (Å²) in [6.45, 7) is 0. The van der Waals surface area contributed by atoms with E-state index in [0.29, 0.717) is 9.47 Å². The fourth-order valence-electron chi connectivity index (χ4n) is 1.47. The standard InChI is InChI=1S/C12H7ClN4OS2/c13-10-2-1-9(20-10)8-6-19-12(16-8)17-11(18)7-5-14-3-4-15-7/h1-6H,(H,16,17,18). The molecular weight excluding hydrogens is 316 g/mol. The van der Waals surface area contributed by atoms with E-state index in [9.17, 15) is 4.79 Å². The number of nitrogens with zero attached hydrogens (tertiary/aromatic N) is 3. The Kier molecular flexibility index (Phi) is 3.72. The number of thiophene rings is 1. The first-order valence-electron chi connectivity index (χ1n) is 5.51. The molecule has 0 aliphatic heterocycles. The molecule has 5 nitrogen and oxygen atoms in total. The topological polar surface area (TPSA) is 67.8 Å². The summed E-state index contributed by atoms with van der Waals surface area (Å²) in [7, 11) is 0. The highest BCUT2D eigenvalue weighted by atomic mass is 35.5. The minimum absolute atomic E-state index is 0.253. The van der Waals surface area contributed by atoms with Crippen LogP contribution in [0, 0.1) is 0 Å². The number of carbonyl (C=O) groups excluding carboxylic acids is 1. The maximum atomic E-state index is 11.9. The summed E-state index contributed by atoms with van der Waals surface area (Å²) in [6, 6.07) is 3.72. The molecular formula is C12H7ClN4OS2. The Morgan fingerprint density at radius 2 is 2.20 bits per heavy atom. The fourth-order valence-corrected chi connectivity index (χ4v) is 3.26. The van der Waals surface area contributed by atoms with Crippen LogP contribution in [0.5, 0.6) is 0 Å². The zero-order valence-corrected chi connectivity index (χ0v) is 12.3. The summed E-state index contributed by atoms with van der Waals surface area (Å²) < 4.78 is 0.707. The molecule has 0 aromatic carbocycles. The van der Waals surface area contributed by atoms with Crippen LogP contribution in [-0.4, -0.2) is 20.9 Å².